The number of pyridine rings is 2. The molecule has 9 nitrogen and oxygen atoms in total. The molecule has 0 aliphatic carbocycles. The average Bonchev–Trinajstić information content (AvgIpc) is 3.01. The SMILES string of the molecule is C=CC(=O)N1C[C@H](C)N(c2c(S(C)(=O)=O)c(=O)n3c4c(C(C)C)[nH]ccc4nc4cccc(F)c4c4c(Cl)cc2c3c4F)C[C@H]1C. The fraction of sp³-hybridized carbons (Fsp3) is 0.303. The van der Waals surface area contributed by atoms with Crippen LogP contribution in [0.4, 0.5) is 14.5 Å². The van der Waals surface area contributed by atoms with Gasteiger partial charge in [-0.15, -0.1) is 0 Å². The van der Waals surface area contributed by atoms with Gasteiger partial charge in [0.2, 0.25) is 5.91 Å². The first-order valence-electron chi connectivity index (χ1n) is 14.7. The number of halogens is 3. The van der Waals surface area contributed by atoms with E-state index in [2.05, 4.69) is 11.6 Å². The lowest BCUT2D eigenvalue weighted by atomic mass is 10.0. The highest BCUT2D eigenvalue weighted by molar-refractivity contribution is 7.90. The number of H-pyrrole nitrogens is 1. The molecule has 2 atom stereocenters. The molecular weight excluding hydrogens is 636 g/mol. The van der Waals surface area contributed by atoms with E-state index in [0.29, 0.717) is 5.69 Å². The minimum atomic E-state index is -4.28. The molecule has 0 radical (unpaired) electrons. The molecule has 1 N–H and O–H groups in total. The van der Waals surface area contributed by atoms with Crippen LogP contribution in [0.2, 0.25) is 5.02 Å². The van der Waals surface area contributed by atoms with Crippen LogP contribution >= 0.6 is 11.6 Å². The van der Waals surface area contributed by atoms with Gasteiger partial charge in [0.15, 0.2) is 20.5 Å². The van der Waals surface area contributed by atoms with Crippen molar-refractivity contribution in [1.82, 2.24) is 19.3 Å². The van der Waals surface area contributed by atoms with Crippen molar-refractivity contribution in [1.29, 1.82) is 0 Å². The maximum absolute atomic E-state index is 17.3. The monoisotopic (exact) mass is 667 g/mol. The smallest absolute Gasteiger partial charge is 0.276 e. The van der Waals surface area contributed by atoms with Gasteiger partial charge in [-0.1, -0.05) is 38.1 Å². The zero-order chi connectivity index (χ0) is 33.4. The van der Waals surface area contributed by atoms with Crippen LogP contribution in [0.5, 0.6) is 0 Å². The second-order valence-electron chi connectivity index (χ2n) is 12.1. The predicted molar refractivity (Wildman–Crippen MR) is 177 cm³/mol. The van der Waals surface area contributed by atoms with Crippen LogP contribution < -0.4 is 10.5 Å². The van der Waals surface area contributed by atoms with E-state index in [1.54, 1.807) is 35.9 Å². The van der Waals surface area contributed by atoms with Gasteiger partial charge in [-0.25, -0.2) is 22.2 Å². The summed E-state index contributed by atoms with van der Waals surface area (Å²) in [7, 11) is -4.28. The number of rotatable bonds is 4. The van der Waals surface area contributed by atoms with E-state index >= 15 is 8.78 Å². The first kappa shape index (κ1) is 31.7. The molecule has 46 heavy (non-hydrogen) atoms. The van der Waals surface area contributed by atoms with Crippen molar-refractivity contribution in [3.63, 3.8) is 0 Å². The number of benzene rings is 2. The molecule has 240 valence electrons. The number of amides is 1. The van der Waals surface area contributed by atoms with Crippen molar-refractivity contribution in [3.8, 4) is 0 Å². The molecule has 1 saturated heterocycles. The summed E-state index contributed by atoms with van der Waals surface area (Å²) in [5, 5.41) is -0.647. The second-order valence-corrected chi connectivity index (χ2v) is 14.5. The Kier molecular flexibility index (Phi) is 7.71. The van der Waals surface area contributed by atoms with Gasteiger partial charge >= 0.3 is 0 Å². The standard InChI is InChI=1S/C33H32ClF2N5O4S/c1-7-24(42)39-14-18(5)40(15-17(39)4)30-19-13-20(34)25-26-21(35)9-8-10-22(26)38-23-11-12-37-28(16(2)3)31(23)41(29(19)27(25)36)33(43)32(30)46(6,44)45/h7-13,16-18,37H,1,14-15H2,2-6H3/t17-,18+/m1/s1. The molecule has 1 amide bonds. The first-order valence-corrected chi connectivity index (χ1v) is 17.0. The van der Waals surface area contributed by atoms with E-state index in [9.17, 15) is 18.0 Å². The molecule has 2 aromatic carbocycles. The third-order valence-corrected chi connectivity index (χ3v) is 10.1. The van der Waals surface area contributed by atoms with Crippen LogP contribution in [-0.4, -0.2) is 65.0 Å². The number of sulfone groups is 1. The Morgan fingerprint density at radius 2 is 1.83 bits per heavy atom. The number of carbonyl (C=O) groups excluding carboxylic acids is 1. The van der Waals surface area contributed by atoms with E-state index < -0.39 is 44.0 Å². The molecule has 1 aliphatic rings. The lowest BCUT2D eigenvalue weighted by Gasteiger charge is -2.45. The number of nitrogens with one attached hydrogen (secondary N) is 1. The van der Waals surface area contributed by atoms with Gasteiger partial charge in [0.1, 0.15) is 5.82 Å². The molecule has 6 rings (SSSR count). The molecule has 13 heteroatoms. The number of anilines is 1. The lowest BCUT2D eigenvalue weighted by Crippen LogP contribution is -2.58. The Bertz CT molecular complexity index is 2330. The Balaban J connectivity index is 1.95. The van der Waals surface area contributed by atoms with E-state index in [1.165, 1.54) is 30.3 Å². The van der Waals surface area contributed by atoms with Crippen molar-refractivity contribution >= 4 is 71.3 Å². The lowest BCUT2D eigenvalue weighted by molar-refractivity contribution is -0.128. The number of aromatic amines is 1. The van der Waals surface area contributed by atoms with Gasteiger partial charge in [-0.3, -0.25) is 14.0 Å². The number of carbonyl (C=O) groups is 1. The van der Waals surface area contributed by atoms with E-state index in [1.807, 2.05) is 13.8 Å². The Labute approximate surface area is 268 Å². The minimum Gasteiger partial charge on any atom is -0.363 e. The fourth-order valence-electron chi connectivity index (χ4n) is 6.60. The highest BCUT2D eigenvalue weighted by Crippen LogP contribution is 2.42. The largest absolute Gasteiger partial charge is 0.363 e. The summed E-state index contributed by atoms with van der Waals surface area (Å²) in [5.41, 5.74) is -0.411. The van der Waals surface area contributed by atoms with Gasteiger partial charge in [0, 0.05) is 59.5 Å². The molecule has 0 unspecified atom stereocenters. The van der Waals surface area contributed by atoms with Gasteiger partial charge in [-0.05, 0) is 50.1 Å². The van der Waals surface area contributed by atoms with Crippen LogP contribution in [0.3, 0.4) is 0 Å². The van der Waals surface area contributed by atoms with Crippen LogP contribution in [-0.2, 0) is 14.6 Å². The number of fused-ring (bicyclic) bond motifs is 5. The predicted octanol–water partition coefficient (Wildman–Crippen LogP) is 6.11. The topological polar surface area (TPSA) is 108 Å². The maximum atomic E-state index is 17.3. The van der Waals surface area contributed by atoms with Gasteiger partial charge in [-0.2, -0.15) is 0 Å². The quantitative estimate of drug-likeness (QED) is 0.232. The fourth-order valence-corrected chi connectivity index (χ4v) is 7.88. The third-order valence-electron chi connectivity index (χ3n) is 8.65. The van der Waals surface area contributed by atoms with Crippen molar-refractivity contribution < 1.29 is 22.0 Å². The zero-order valence-electron chi connectivity index (χ0n) is 25.9. The average molecular weight is 668 g/mol. The minimum absolute atomic E-state index is 0.0337. The van der Waals surface area contributed by atoms with Crippen molar-refractivity contribution in [2.75, 3.05) is 24.2 Å². The Hall–Kier alpha value is -4.29. The normalized spacial score (nSPS) is 17.5. The Morgan fingerprint density at radius 3 is 2.48 bits per heavy atom. The van der Waals surface area contributed by atoms with Crippen molar-refractivity contribution in [3.05, 3.63) is 81.9 Å². The second kappa shape index (κ2) is 11.2. The summed E-state index contributed by atoms with van der Waals surface area (Å²) in [5.74, 6) is -2.33. The van der Waals surface area contributed by atoms with Gasteiger partial charge in [0.05, 0.1) is 32.8 Å². The highest BCUT2D eigenvalue weighted by Gasteiger charge is 2.37. The van der Waals surface area contributed by atoms with Crippen LogP contribution in [0.15, 0.2) is 58.9 Å². The van der Waals surface area contributed by atoms with Gasteiger partial charge < -0.3 is 14.8 Å². The summed E-state index contributed by atoms with van der Waals surface area (Å²) in [6, 6.07) is 6.16. The molecule has 1 aliphatic heterocycles. The number of piperazine rings is 1. The van der Waals surface area contributed by atoms with Crippen LogP contribution in [0.25, 0.3) is 38.2 Å². The molecule has 5 aromatic rings. The summed E-state index contributed by atoms with van der Waals surface area (Å²) < 4.78 is 61.3. The number of hydrogen-bond acceptors (Lipinski definition) is 6. The summed E-state index contributed by atoms with van der Waals surface area (Å²) in [6.07, 6.45) is 3.74. The molecule has 4 heterocycles. The summed E-state index contributed by atoms with van der Waals surface area (Å²) in [4.78, 5) is 38.0. The number of nitrogens with zero attached hydrogens (tertiary/aromatic N) is 4. The van der Waals surface area contributed by atoms with E-state index in [4.69, 9.17) is 16.6 Å². The summed E-state index contributed by atoms with van der Waals surface area (Å²) >= 11 is 6.80. The first-order chi connectivity index (χ1) is 21.7. The maximum Gasteiger partial charge on any atom is 0.276 e. The molecule has 2 bridgehead atoms. The van der Waals surface area contributed by atoms with Crippen LogP contribution in [0.1, 0.15) is 39.3 Å². The molecule has 0 spiro atoms. The molecular formula is C33H32ClF2N5O4S. The third kappa shape index (κ3) is 4.77. The van der Waals surface area contributed by atoms with Crippen molar-refractivity contribution in [2.45, 2.75) is 50.6 Å². The van der Waals surface area contributed by atoms with E-state index in [0.717, 1.165) is 10.7 Å². The van der Waals surface area contributed by atoms with Gasteiger partial charge in [0.25, 0.3) is 5.56 Å². The van der Waals surface area contributed by atoms with Crippen LogP contribution in [0, 0.1) is 11.6 Å². The zero-order valence-corrected chi connectivity index (χ0v) is 27.4. The van der Waals surface area contributed by atoms with E-state index in [-0.39, 0.29) is 73.9 Å². The number of hydrogen-bond donors (Lipinski definition) is 1. The highest BCUT2D eigenvalue weighted by atomic mass is 35.5. The number of aromatic nitrogens is 3. The Morgan fingerprint density at radius 1 is 1.11 bits per heavy atom. The molecule has 1 fully saturated rings. The summed E-state index contributed by atoms with van der Waals surface area (Å²) in [6.45, 7) is 11.2. The molecule has 3 aromatic heterocycles. The molecule has 0 saturated carbocycles. The van der Waals surface area contributed by atoms with Crippen molar-refractivity contribution in [2.24, 2.45) is 0 Å².